The van der Waals surface area contributed by atoms with Crippen LogP contribution in [0.1, 0.15) is 29.5 Å². The fourth-order valence-corrected chi connectivity index (χ4v) is 3.93. The summed E-state index contributed by atoms with van der Waals surface area (Å²) in [6, 6.07) is 13.3. The van der Waals surface area contributed by atoms with Crippen molar-refractivity contribution in [1.29, 1.82) is 5.41 Å². The molecule has 1 aliphatic rings. The Labute approximate surface area is 216 Å². The Kier molecular flexibility index (Phi) is 7.67. The minimum Gasteiger partial charge on any atom is -0.383 e. The van der Waals surface area contributed by atoms with Gasteiger partial charge in [-0.05, 0) is 56.6 Å². The quantitative estimate of drug-likeness (QED) is 0.286. The van der Waals surface area contributed by atoms with E-state index in [4.69, 9.17) is 22.7 Å². The second kappa shape index (κ2) is 10.9. The third kappa shape index (κ3) is 5.90. The Morgan fingerprint density at radius 1 is 1.19 bits per heavy atom. The van der Waals surface area contributed by atoms with Gasteiger partial charge in [0.1, 0.15) is 18.0 Å². The van der Waals surface area contributed by atoms with Gasteiger partial charge >= 0.3 is 0 Å². The van der Waals surface area contributed by atoms with Crippen LogP contribution in [0.2, 0.25) is 5.02 Å². The molecular formula is C27H30ClN7O. The monoisotopic (exact) mass is 503 g/mol. The van der Waals surface area contributed by atoms with Gasteiger partial charge in [-0.15, -0.1) is 0 Å². The normalized spacial score (nSPS) is 13.2. The number of hydrogen-bond acceptors (Lipinski definition) is 7. The van der Waals surface area contributed by atoms with Gasteiger partial charge < -0.3 is 16.0 Å². The number of halogens is 1. The number of rotatable bonds is 9. The molecule has 186 valence electrons. The number of anilines is 4. The smallest absolute Gasteiger partial charge is 0.250 e. The molecule has 0 bridgehead atoms. The summed E-state index contributed by atoms with van der Waals surface area (Å²) in [4.78, 5) is 25.1. The highest BCUT2D eigenvalue weighted by molar-refractivity contribution is 6.30. The van der Waals surface area contributed by atoms with E-state index in [9.17, 15) is 4.79 Å². The molecule has 1 saturated carbocycles. The summed E-state index contributed by atoms with van der Waals surface area (Å²) in [7, 11) is 3.82. The number of nitrogen functional groups attached to an aromatic ring is 1. The minimum absolute atomic E-state index is 0.106. The maximum Gasteiger partial charge on any atom is 0.250 e. The Morgan fingerprint density at radius 3 is 2.61 bits per heavy atom. The van der Waals surface area contributed by atoms with Crippen molar-refractivity contribution >= 4 is 46.2 Å². The average Bonchev–Trinajstić information content (AvgIpc) is 3.71. The lowest BCUT2D eigenvalue weighted by Crippen LogP contribution is -2.25. The van der Waals surface area contributed by atoms with Gasteiger partial charge in [-0.25, -0.2) is 9.97 Å². The van der Waals surface area contributed by atoms with E-state index >= 15 is 0 Å². The summed E-state index contributed by atoms with van der Waals surface area (Å²) in [5.41, 5.74) is 9.78. The molecule has 9 heteroatoms. The lowest BCUT2D eigenvalue weighted by Gasteiger charge is -2.19. The van der Waals surface area contributed by atoms with E-state index < -0.39 is 0 Å². The first kappa shape index (κ1) is 25.3. The molecule has 1 aromatic heterocycles. The van der Waals surface area contributed by atoms with Crippen molar-refractivity contribution in [2.24, 2.45) is 0 Å². The van der Waals surface area contributed by atoms with Crippen molar-refractivity contribution in [1.82, 2.24) is 14.9 Å². The first-order valence-electron chi connectivity index (χ1n) is 11.7. The van der Waals surface area contributed by atoms with E-state index in [0.29, 0.717) is 28.0 Å². The summed E-state index contributed by atoms with van der Waals surface area (Å²) < 4.78 is 0. The lowest BCUT2D eigenvalue weighted by atomic mass is 10.0. The number of aryl methyl sites for hydroxylation is 1. The van der Waals surface area contributed by atoms with E-state index in [1.807, 2.05) is 31.2 Å². The largest absolute Gasteiger partial charge is 0.383 e. The predicted molar refractivity (Wildman–Crippen MR) is 146 cm³/mol. The van der Waals surface area contributed by atoms with Crippen LogP contribution in [0.15, 0.2) is 60.9 Å². The SMILES string of the molecule is Cc1ccc(N(C)C(=O)/C=C/CN(C)C2CC2)cc1Nc1ncnc(N)c1C(=N)c1ccc(Cl)cc1. The number of carbonyl (C=O) groups is 1. The van der Waals surface area contributed by atoms with E-state index in [0.717, 1.165) is 23.5 Å². The van der Waals surface area contributed by atoms with E-state index in [1.54, 1.807) is 42.3 Å². The predicted octanol–water partition coefficient (Wildman–Crippen LogP) is 4.79. The molecule has 36 heavy (non-hydrogen) atoms. The molecule has 0 atom stereocenters. The maximum atomic E-state index is 12.8. The molecule has 8 nitrogen and oxygen atoms in total. The number of carbonyl (C=O) groups excluding carboxylic acids is 1. The summed E-state index contributed by atoms with van der Waals surface area (Å²) >= 11 is 6.00. The second-order valence-electron chi connectivity index (χ2n) is 8.96. The van der Waals surface area contributed by atoms with Gasteiger partial charge in [0, 0.05) is 47.7 Å². The van der Waals surface area contributed by atoms with Gasteiger partial charge in [0.25, 0.3) is 0 Å². The third-order valence-corrected chi connectivity index (χ3v) is 6.53. The van der Waals surface area contributed by atoms with E-state index in [1.165, 1.54) is 19.2 Å². The zero-order chi connectivity index (χ0) is 25.8. The highest BCUT2D eigenvalue weighted by atomic mass is 35.5. The van der Waals surface area contributed by atoms with Crippen LogP contribution in [0.25, 0.3) is 0 Å². The molecule has 1 heterocycles. The van der Waals surface area contributed by atoms with Crippen LogP contribution in [0, 0.1) is 12.3 Å². The van der Waals surface area contributed by atoms with Crippen LogP contribution in [-0.2, 0) is 4.79 Å². The summed E-state index contributed by atoms with van der Waals surface area (Å²) in [6.45, 7) is 2.71. The van der Waals surface area contributed by atoms with E-state index in [2.05, 4.69) is 27.2 Å². The van der Waals surface area contributed by atoms with Crippen LogP contribution < -0.4 is 16.0 Å². The molecule has 0 aliphatic heterocycles. The van der Waals surface area contributed by atoms with Gasteiger partial charge in [0.15, 0.2) is 0 Å². The molecule has 4 rings (SSSR count). The van der Waals surface area contributed by atoms with Gasteiger partial charge in [0.05, 0.1) is 11.3 Å². The fourth-order valence-electron chi connectivity index (χ4n) is 3.81. The second-order valence-corrected chi connectivity index (χ2v) is 9.40. The topological polar surface area (TPSA) is 111 Å². The van der Waals surface area contributed by atoms with Gasteiger partial charge in [-0.2, -0.15) is 0 Å². The summed E-state index contributed by atoms with van der Waals surface area (Å²) in [6.07, 6.45) is 7.34. The molecule has 2 aromatic carbocycles. The van der Waals surface area contributed by atoms with Gasteiger partial charge in [-0.3, -0.25) is 15.1 Å². The molecule has 0 saturated heterocycles. The number of aromatic nitrogens is 2. The molecule has 4 N–H and O–H groups in total. The first-order chi connectivity index (χ1) is 17.2. The lowest BCUT2D eigenvalue weighted by molar-refractivity contribution is -0.113. The van der Waals surface area contributed by atoms with Crippen LogP contribution in [0.3, 0.4) is 0 Å². The molecule has 0 spiro atoms. The number of benzene rings is 2. The number of nitrogens with one attached hydrogen (secondary N) is 2. The Morgan fingerprint density at radius 2 is 1.92 bits per heavy atom. The Bertz CT molecular complexity index is 1300. The molecule has 1 amide bonds. The maximum absolute atomic E-state index is 12.8. The molecule has 1 fully saturated rings. The highest BCUT2D eigenvalue weighted by Gasteiger charge is 2.25. The summed E-state index contributed by atoms with van der Waals surface area (Å²) in [5.74, 6) is 0.486. The van der Waals surface area contributed by atoms with Crippen molar-refractivity contribution < 1.29 is 4.79 Å². The van der Waals surface area contributed by atoms with Crippen LogP contribution in [0.5, 0.6) is 0 Å². The number of nitrogens with two attached hydrogens (primary N) is 1. The number of likely N-dealkylation sites (N-methyl/N-ethyl adjacent to an activating group) is 2. The highest BCUT2D eigenvalue weighted by Crippen LogP contribution is 2.29. The number of hydrogen-bond donors (Lipinski definition) is 3. The average molecular weight is 504 g/mol. The number of nitrogens with zero attached hydrogens (tertiary/aromatic N) is 4. The first-order valence-corrected chi connectivity index (χ1v) is 12.1. The molecular weight excluding hydrogens is 474 g/mol. The standard InChI is InChI=1S/C27H30ClN7O/c1-17-6-11-21(35(3)23(36)5-4-14-34(2)20-12-13-20)15-22(17)33-27-24(26(30)31-16-32-27)25(29)18-7-9-19(28)10-8-18/h4-11,15-16,20,29H,12-14H2,1-3H3,(H3,30,31,32,33)/b5-4+,29-25?. The fraction of sp³-hybridized carbons (Fsp3) is 0.259. The third-order valence-electron chi connectivity index (χ3n) is 6.28. The van der Waals surface area contributed by atoms with Crippen LogP contribution in [-0.4, -0.2) is 53.2 Å². The van der Waals surface area contributed by atoms with Gasteiger partial charge in [0.2, 0.25) is 5.91 Å². The molecule has 1 aliphatic carbocycles. The molecule has 0 radical (unpaired) electrons. The minimum atomic E-state index is -0.106. The molecule has 3 aromatic rings. The Hall–Kier alpha value is -3.75. The zero-order valence-electron chi connectivity index (χ0n) is 20.6. The van der Waals surface area contributed by atoms with Gasteiger partial charge in [-0.1, -0.05) is 35.9 Å². The zero-order valence-corrected chi connectivity index (χ0v) is 21.4. The van der Waals surface area contributed by atoms with Crippen molar-refractivity contribution in [2.45, 2.75) is 25.8 Å². The van der Waals surface area contributed by atoms with Crippen LogP contribution in [0.4, 0.5) is 23.0 Å². The van der Waals surface area contributed by atoms with Crippen molar-refractivity contribution in [3.05, 3.63) is 82.7 Å². The van der Waals surface area contributed by atoms with E-state index in [-0.39, 0.29) is 17.4 Å². The van der Waals surface area contributed by atoms with Crippen molar-refractivity contribution in [2.75, 3.05) is 36.6 Å². The van der Waals surface area contributed by atoms with Crippen molar-refractivity contribution in [3.8, 4) is 0 Å². The van der Waals surface area contributed by atoms with Crippen molar-refractivity contribution in [3.63, 3.8) is 0 Å². The molecule has 0 unspecified atom stereocenters. The van der Waals surface area contributed by atoms with Crippen LogP contribution >= 0.6 is 11.6 Å². The number of amides is 1. The summed E-state index contributed by atoms with van der Waals surface area (Å²) in [5, 5.41) is 12.6. The Balaban J connectivity index is 1.55.